The van der Waals surface area contributed by atoms with Gasteiger partial charge < -0.3 is 19.5 Å². The predicted octanol–water partition coefficient (Wildman–Crippen LogP) is 4.03. The van der Waals surface area contributed by atoms with E-state index in [0.717, 1.165) is 0 Å². The van der Waals surface area contributed by atoms with Gasteiger partial charge in [-0.3, -0.25) is 4.79 Å². The summed E-state index contributed by atoms with van der Waals surface area (Å²) in [6.07, 6.45) is 0. The van der Waals surface area contributed by atoms with Crippen molar-refractivity contribution in [3.05, 3.63) is 46.4 Å². The zero-order valence-electron chi connectivity index (χ0n) is 12.6. The lowest BCUT2D eigenvalue weighted by Crippen LogP contribution is -2.20. The van der Waals surface area contributed by atoms with E-state index < -0.39 is 0 Å². The molecular weight excluding hydrogens is 341 g/mol. The standard InChI is InChI=1S/C16H15Cl2NO4/c1-21-10-6-7-14(22-2)13(8-10)19-15(20)9-23-16-11(17)4-3-5-12(16)18/h3-8H,9H2,1-2H3,(H,19,20). The Morgan fingerprint density at radius 2 is 1.78 bits per heavy atom. The Balaban J connectivity index is 2.05. The Kier molecular flexibility index (Phi) is 5.96. The minimum absolute atomic E-state index is 0.246. The van der Waals surface area contributed by atoms with Gasteiger partial charge in [0.25, 0.3) is 5.91 Å². The average molecular weight is 356 g/mol. The maximum Gasteiger partial charge on any atom is 0.262 e. The molecule has 0 radical (unpaired) electrons. The lowest BCUT2D eigenvalue weighted by atomic mass is 10.2. The number of para-hydroxylation sites is 1. The Labute approximate surface area is 144 Å². The SMILES string of the molecule is COc1ccc(OC)c(NC(=O)COc2c(Cl)cccc2Cl)c1. The number of amides is 1. The third kappa shape index (κ3) is 4.43. The summed E-state index contributed by atoms with van der Waals surface area (Å²) in [5.74, 6) is 0.988. The zero-order valence-corrected chi connectivity index (χ0v) is 14.1. The number of anilines is 1. The Morgan fingerprint density at radius 3 is 2.39 bits per heavy atom. The van der Waals surface area contributed by atoms with E-state index in [4.69, 9.17) is 37.4 Å². The highest BCUT2D eigenvalue weighted by Gasteiger charge is 2.12. The number of nitrogens with one attached hydrogen (secondary N) is 1. The highest BCUT2D eigenvalue weighted by Crippen LogP contribution is 2.32. The lowest BCUT2D eigenvalue weighted by Gasteiger charge is -2.13. The molecule has 1 N–H and O–H groups in total. The largest absolute Gasteiger partial charge is 0.497 e. The van der Waals surface area contributed by atoms with Gasteiger partial charge in [-0.2, -0.15) is 0 Å². The summed E-state index contributed by atoms with van der Waals surface area (Å²) in [6, 6.07) is 10.0. The van der Waals surface area contributed by atoms with Gasteiger partial charge in [-0.25, -0.2) is 0 Å². The molecule has 2 aromatic rings. The van der Waals surface area contributed by atoms with E-state index in [1.165, 1.54) is 14.2 Å². The number of carbonyl (C=O) groups is 1. The summed E-state index contributed by atoms with van der Waals surface area (Å²) in [5, 5.41) is 3.36. The molecule has 0 aliphatic rings. The molecule has 0 heterocycles. The third-order valence-corrected chi connectivity index (χ3v) is 3.54. The minimum atomic E-state index is -0.382. The van der Waals surface area contributed by atoms with Crippen LogP contribution in [0.25, 0.3) is 0 Å². The number of hydrogen-bond acceptors (Lipinski definition) is 4. The van der Waals surface area contributed by atoms with Crippen molar-refractivity contribution >= 4 is 34.8 Å². The average Bonchev–Trinajstić information content (AvgIpc) is 2.54. The Bertz CT molecular complexity index is 686. The van der Waals surface area contributed by atoms with Gasteiger partial charge in [-0.15, -0.1) is 0 Å². The van der Waals surface area contributed by atoms with E-state index in [9.17, 15) is 4.79 Å². The minimum Gasteiger partial charge on any atom is -0.497 e. The van der Waals surface area contributed by atoms with Crippen molar-refractivity contribution in [1.29, 1.82) is 0 Å². The topological polar surface area (TPSA) is 56.8 Å². The highest BCUT2D eigenvalue weighted by molar-refractivity contribution is 6.37. The van der Waals surface area contributed by atoms with Crippen molar-refractivity contribution in [3.63, 3.8) is 0 Å². The number of benzene rings is 2. The van der Waals surface area contributed by atoms with Crippen LogP contribution in [0, 0.1) is 0 Å². The molecule has 2 rings (SSSR count). The van der Waals surface area contributed by atoms with Gasteiger partial charge in [0, 0.05) is 6.07 Å². The number of methoxy groups -OCH3 is 2. The maximum atomic E-state index is 12.1. The summed E-state index contributed by atoms with van der Waals surface area (Å²) in [4.78, 5) is 12.1. The molecular formula is C16H15Cl2NO4. The van der Waals surface area contributed by atoms with Crippen LogP contribution >= 0.6 is 23.2 Å². The molecule has 2 aromatic carbocycles. The van der Waals surface area contributed by atoms with Crippen LogP contribution in [0.3, 0.4) is 0 Å². The molecule has 0 saturated heterocycles. The highest BCUT2D eigenvalue weighted by atomic mass is 35.5. The molecule has 1 amide bonds. The van der Waals surface area contributed by atoms with Gasteiger partial charge in [0.1, 0.15) is 11.5 Å². The Morgan fingerprint density at radius 1 is 1.09 bits per heavy atom. The molecule has 23 heavy (non-hydrogen) atoms. The fourth-order valence-corrected chi connectivity index (χ4v) is 2.36. The van der Waals surface area contributed by atoms with Crippen LogP contribution in [0.5, 0.6) is 17.2 Å². The van der Waals surface area contributed by atoms with Crippen molar-refractivity contribution in [2.45, 2.75) is 0 Å². The number of halogens is 2. The van der Waals surface area contributed by atoms with Crippen LogP contribution < -0.4 is 19.5 Å². The fraction of sp³-hybridized carbons (Fsp3) is 0.188. The number of hydrogen-bond donors (Lipinski definition) is 1. The maximum absolute atomic E-state index is 12.1. The molecule has 0 fully saturated rings. The quantitative estimate of drug-likeness (QED) is 0.849. The third-order valence-electron chi connectivity index (χ3n) is 2.95. The van der Waals surface area contributed by atoms with Crippen LogP contribution in [0.2, 0.25) is 10.0 Å². The molecule has 0 atom stereocenters. The molecule has 0 aliphatic carbocycles. The normalized spacial score (nSPS) is 10.1. The molecule has 0 aliphatic heterocycles. The first-order chi connectivity index (χ1) is 11.0. The van der Waals surface area contributed by atoms with Crippen molar-refractivity contribution in [2.75, 3.05) is 26.1 Å². The van der Waals surface area contributed by atoms with Gasteiger partial charge >= 0.3 is 0 Å². The van der Waals surface area contributed by atoms with Crippen molar-refractivity contribution < 1.29 is 19.0 Å². The second-order valence-electron chi connectivity index (χ2n) is 4.45. The van der Waals surface area contributed by atoms with Gasteiger partial charge in [0.05, 0.1) is 30.0 Å². The van der Waals surface area contributed by atoms with Crippen molar-refractivity contribution in [2.24, 2.45) is 0 Å². The van der Waals surface area contributed by atoms with E-state index in [1.807, 2.05) is 0 Å². The molecule has 122 valence electrons. The summed E-state index contributed by atoms with van der Waals surface area (Å²) in [7, 11) is 3.05. The van der Waals surface area contributed by atoms with Crippen molar-refractivity contribution in [3.8, 4) is 17.2 Å². The summed E-state index contributed by atoms with van der Waals surface area (Å²) >= 11 is 12.0. The number of carbonyl (C=O) groups excluding carboxylic acids is 1. The second-order valence-corrected chi connectivity index (χ2v) is 5.27. The molecule has 5 nitrogen and oxygen atoms in total. The van der Waals surface area contributed by atoms with E-state index in [2.05, 4.69) is 5.32 Å². The van der Waals surface area contributed by atoms with Gasteiger partial charge in [0.2, 0.25) is 0 Å². The summed E-state index contributed by atoms with van der Waals surface area (Å²) in [5.41, 5.74) is 0.478. The van der Waals surface area contributed by atoms with Crippen LogP contribution in [-0.2, 0) is 4.79 Å². The molecule has 7 heteroatoms. The Hall–Kier alpha value is -2.11. The predicted molar refractivity (Wildman–Crippen MR) is 90.1 cm³/mol. The van der Waals surface area contributed by atoms with Gasteiger partial charge in [-0.1, -0.05) is 29.3 Å². The second kappa shape index (κ2) is 7.94. The van der Waals surface area contributed by atoms with Gasteiger partial charge in [-0.05, 0) is 24.3 Å². The van der Waals surface area contributed by atoms with Crippen LogP contribution in [0.15, 0.2) is 36.4 Å². The molecule has 0 aromatic heterocycles. The zero-order chi connectivity index (χ0) is 16.8. The molecule has 0 bridgehead atoms. The molecule has 0 saturated carbocycles. The summed E-state index contributed by atoms with van der Waals surface area (Å²) < 4.78 is 15.7. The van der Waals surface area contributed by atoms with Crippen LogP contribution in [-0.4, -0.2) is 26.7 Å². The summed E-state index contributed by atoms with van der Waals surface area (Å²) in [6.45, 7) is -0.246. The molecule has 0 unspecified atom stereocenters. The monoisotopic (exact) mass is 355 g/mol. The van der Waals surface area contributed by atoms with E-state index in [1.54, 1.807) is 36.4 Å². The van der Waals surface area contributed by atoms with E-state index in [0.29, 0.717) is 27.2 Å². The van der Waals surface area contributed by atoms with E-state index in [-0.39, 0.29) is 18.3 Å². The first-order valence-corrected chi connectivity index (χ1v) is 7.39. The van der Waals surface area contributed by atoms with Crippen molar-refractivity contribution in [1.82, 2.24) is 0 Å². The number of rotatable bonds is 6. The first-order valence-electron chi connectivity index (χ1n) is 6.64. The van der Waals surface area contributed by atoms with E-state index >= 15 is 0 Å². The smallest absolute Gasteiger partial charge is 0.262 e. The fourth-order valence-electron chi connectivity index (χ4n) is 1.86. The van der Waals surface area contributed by atoms with Crippen LogP contribution in [0.1, 0.15) is 0 Å². The first kappa shape index (κ1) is 17.2. The van der Waals surface area contributed by atoms with Crippen LogP contribution in [0.4, 0.5) is 5.69 Å². The number of ether oxygens (including phenoxy) is 3. The lowest BCUT2D eigenvalue weighted by molar-refractivity contribution is -0.118. The van der Waals surface area contributed by atoms with Gasteiger partial charge in [0.15, 0.2) is 12.4 Å². The molecule has 0 spiro atoms.